The van der Waals surface area contributed by atoms with Crippen LogP contribution in [-0.4, -0.2) is 0 Å². The average molecular weight is 535 g/mol. The highest BCUT2D eigenvalue weighted by molar-refractivity contribution is 6.06. The van der Waals surface area contributed by atoms with Crippen molar-refractivity contribution in [2.24, 2.45) is 0 Å². The second-order valence-corrected chi connectivity index (χ2v) is 11.3. The van der Waals surface area contributed by atoms with Crippen molar-refractivity contribution in [2.45, 2.75) is 5.41 Å². The molecular weight excluding hydrogens is 508 g/mol. The second-order valence-electron chi connectivity index (χ2n) is 11.3. The minimum absolute atomic E-state index is 0.414. The number of hydrogen-bond acceptors (Lipinski definition) is 1. The molecule has 7 aromatic carbocycles. The topological polar surface area (TPSA) is 9.23 Å². The van der Waals surface area contributed by atoms with E-state index in [2.05, 4.69) is 152 Å². The first-order valence-electron chi connectivity index (χ1n) is 14.5. The molecule has 42 heavy (non-hydrogen) atoms. The van der Waals surface area contributed by atoms with Crippen LogP contribution in [0.5, 0.6) is 11.5 Å². The zero-order chi connectivity index (χ0) is 27.7. The summed E-state index contributed by atoms with van der Waals surface area (Å²) in [4.78, 5) is 0. The highest BCUT2D eigenvalue weighted by Crippen LogP contribution is 2.57. The first-order chi connectivity index (χ1) is 20.8. The molecule has 1 aliphatic heterocycles. The molecule has 0 saturated heterocycles. The van der Waals surface area contributed by atoms with Gasteiger partial charge in [0.2, 0.25) is 0 Å². The van der Waals surface area contributed by atoms with Gasteiger partial charge in [-0.15, -0.1) is 0 Å². The van der Waals surface area contributed by atoms with Gasteiger partial charge in [-0.2, -0.15) is 0 Å². The van der Waals surface area contributed by atoms with Crippen LogP contribution in [0.25, 0.3) is 44.2 Å². The third-order valence-electron chi connectivity index (χ3n) is 9.13. The minimum Gasteiger partial charge on any atom is -0.456 e. The fourth-order valence-corrected chi connectivity index (χ4v) is 7.38. The van der Waals surface area contributed by atoms with Gasteiger partial charge in [0.15, 0.2) is 0 Å². The fraction of sp³-hybridized carbons (Fsp3) is 0.0244. The second kappa shape index (κ2) is 8.80. The Hall–Kier alpha value is -5.40. The number of fused-ring (bicyclic) bond motifs is 5. The molecule has 7 aromatic rings. The molecule has 1 aliphatic carbocycles. The molecular formula is C41H26O. The van der Waals surface area contributed by atoms with Crippen molar-refractivity contribution in [3.05, 3.63) is 180 Å². The van der Waals surface area contributed by atoms with Gasteiger partial charge in [-0.3, -0.25) is 0 Å². The normalized spacial score (nSPS) is 13.6. The van der Waals surface area contributed by atoms with Gasteiger partial charge in [0.1, 0.15) is 11.5 Å². The van der Waals surface area contributed by atoms with Crippen molar-refractivity contribution in [3.63, 3.8) is 0 Å². The summed E-state index contributed by atoms with van der Waals surface area (Å²) >= 11 is 0. The summed E-state index contributed by atoms with van der Waals surface area (Å²) in [5, 5.41) is 2.37. The molecule has 0 spiro atoms. The number of benzene rings is 7. The van der Waals surface area contributed by atoms with Gasteiger partial charge in [0.05, 0.1) is 5.41 Å². The summed E-state index contributed by atoms with van der Waals surface area (Å²) in [6, 6.07) is 57.4. The summed E-state index contributed by atoms with van der Waals surface area (Å²) in [5.41, 5.74) is 12.2. The van der Waals surface area contributed by atoms with E-state index in [1.807, 2.05) is 6.07 Å². The van der Waals surface area contributed by atoms with E-state index in [1.54, 1.807) is 0 Å². The van der Waals surface area contributed by atoms with E-state index in [0.717, 1.165) is 17.1 Å². The van der Waals surface area contributed by atoms with Gasteiger partial charge in [0.25, 0.3) is 0 Å². The number of hydrogen-bond donors (Lipinski definition) is 0. The quantitative estimate of drug-likeness (QED) is 0.219. The van der Waals surface area contributed by atoms with Crippen molar-refractivity contribution in [1.29, 1.82) is 0 Å². The Morgan fingerprint density at radius 2 is 1.02 bits per heavy atom. The first-order valence-corrected chi connectivity index (χ1v) is 14.5. The lowest BCUT2D eigenvalue weighted by Crippen LogP contribution is -2.28. The van der Waals surface area contributed by atoms with Crippen LogP contribution in [0.3, 0.4) is 0 Å². The van der Waals surface area contributed by atoms with Crippen LogP contribution in [0.2, 0.25) is 0 Å². The fourth-order valence-electron chi connectivity index (χ4n) is 7.38. The molecule has 1 heterocycles. The molecule has 9 rings (SSSR count). The molecule has 0 radical (unpaired) electrons. The third kappa shape index (κ3) is 3.14. The summed E-state index contributed by atoms with van der Waals surface area (Å²) < 4.78 is 6.32. The maximum Gasteiger partial charge on any atom is 0.135 e. The Bertz CT molecular complexity index is 2120. The van der Waals surface area contributed by atoms with Gasteiger partial charge in [-0.1, -0.05) is 127 Å². The Labute approximate surface area is 245 Å². The Kier molecular flexibility index (Phi) is 4.88. The lowest BCUT2D eigenvalue weighted by Gasteiger charge is -2.34. The number of rotatable bonds is 3. The average Bonchev–Trinajstić information content (AvgIpc) is 3.36. The van der Waals surface area contributed by atoms with Crippen LogP contribution >= 0.6 is 0 Å². The van der Waals surface area contributed by atoms with E-state index in [9.17, 15) is 0 Å². The van der Waals surface area contributed by atoms with Crippen molar-refractivity contribution in [2.75, 3.05) is 0 Å². The molecule has 0 fully saturated rings. The van der Waals surface area contributed by atoms with E-state index < -0.39 is 5.41 Å². The number of para-hydroxylation sites is 1. The molecule has 196 valence electrons. The maximum absolute atomic E-state index is 6.32. The van der Waals surface area contributed by atoms with Crippen molar-refractivity contribution < 1.29 is 4.74 Å². The maximum atomic E-state index is 6.32. The van der Waals surface area contributed by atoms with E-state index in [0.29, 0.717) is 0 Å². The Balaban J connectivity index is 1.34. The molecule has 0 amide bonds. The number of ether oxygens (including phenoxy) is 1. The molecule has 0 atom stereocenters. The van der Waals surface area contributed by atoms with Crippen molar-refractivity contribution >= 4 is 10.8 Å². The van der Waals surface area contributed by atoms with E-state index in [4.69, 9.17) is 4.74 Å². The van der Waals surface area contributed by atoms with Crippen LogP contribution in [0.1, 0.15) is 22.3 Å². The van der Waals surface area contributed by atoms with Crippen molar-refractivity contribution in [1.82, 2.24) is 0 Å². The SMILES string of the molecule is c1ccc(C2(c3ccccc3)c3ccccc3-c3ccc(-c4cc5c6c(cccc6c4)Oc4ccccc4-5)cc32)cc1. The summed E-state index contributed by atoms with van der Waals surface area (Å²) in [6.07, 6.45) is 0. The lowest BCUT2D eigenvalue weighted by molar-refractivity contribution is 0.487. The Morgan fingerprint density at radius 1 is 0.381 bits per heavy atom. The molecule has 0 bridgehead atoms. The predicted molar refractivity (Wildman–Crippen MR) is 172 cm³/mol. The van der Waals surface area contributed by atoms with Crippen molar-refractivity contribution in [3.8, 4) is 44.9 Å². The smallest absolute Gasteiger partial charge is 0.135 e. The van der Waals surface area contributed by atoms with Gasteiger partial charge < -0.3 is 4.74 Å². The molecule has 0 unspecified atom stereocenters. The highest BCUT2D eigenvalue weighted by Gasteiger charge is 2.46. The Morgan fingerprint density at radius 3 is 1.81 bits per heavy atom. The first kappa shape index (κ1) is 23.3. The summed E-state index contributed by atoms with van der Waals surface area (Å²) in [7, 11) is 0. The van der Waals surface area contributed by atoms with Crippen LogP contribution in [-0.2, 0) is 5.41 Å². The molecule has 0 N–H and O–H groups in total. The van der Waals surface area contributed by atoms with Gasteiger partial charge in [0, 0.05) is 10.9 Å². The zero-order valence-corrected chi connectivity index (χ0v) is 22.9. The lowest BCUT2D eigenvalue weighted by atomic mass is 9.67. The van der Waals surface area contributed by atoms with E-state index in [1.165, 1.54) is 60.8 Å². The molecule has 1 heteroatoms. The summed E-state index contributed by atoms with van der Waals surface area (Å²) in [5.74, 6) is 1.83. The van der Waals surface area contributed by atoms with Crippen LogP contribution in [0.4, 0.5) is 0 Å². The van der Waals surface area contributed by atoms with Crippen LogP contribution in [0, 0.1) is 0 Å². The highest BCUT2D eigenvalue weighted by atomic mass is 16.5. The van der Waals surface area contributed by atoms with E-state index >= 15 is 0 Å². The monoisotopic (exact) mass is 534 g/mol. The van der Waals surface area contributed by atoms with E-state index in [-0.39, 0.29) is 0 Å². The van der Waals surface area contributed by atoms with Gasteiger partial charge >= 0.3 is 0 Å². The van der Waals surface area contributed by atoms with Gasteiger partial charge in [-0.05, 0) is 85.8 Å². The third-order valence-corrected chi connectivity index (χ3v) is 9.13. The summed E-state index contributed by atoms with van der Waals surface area (Å²) in [6.45, 7) is 0. The van der Waals surface area contributed by atoms with Gasteiger partial charge in [-0.25, -0.2) is 0 Å². The van der Waals surface area contributed by atoms with Crippen LogP contribution < -0.4 is 4.74 Å². The molecule has 0 saturated carbocycles. The van der Waals surface area contributed by atoms with Crippen LogP contribution in [0.15, 0.2) is 158 Å². The molecule has 2 aliphatic rings. The minimum atomic E-state index is -0.414. The molecule has 1 nitrogen and oxygen atoms in total. The standard InChI is InChI=1S/C41H26O/c1-3-13-30(14-4-1)41(31-15-5-2-6-16-31)36-19-9-7-17-32(36)33-23-22-27(26-37(33)41)29-24-28-12-11-21-39-40(28)35(25-29)34-18-8-10-20-38(34)42-39/h1-26H. The molecule has 0 aromatic heterocycles. The largest absolute Gasteiger partial charge is 0.456 e. The predicted octanol–water partition coefficient (Wildman–Crippen LogP) is 10.6. The zero-order valence-electron chi connectivity index (χ0n) is 22.9.